The maximum Gasteiger partial charge on any atom is 0.129 e. The van der Waals surface area contributed by atoms with Crippen molar-refractivity contribution in [2.45, 2.75) is 0 Å². The summed E-state index contributed by atoms with van der Waals surface area (Å²) in [6, 6.07) is 0. The van der Waals surface area contributed by atoms with Crippen LogP contribution in [0.2, 0.25) is 0 Å². The summed E-state index contributed by atoms with van der Waals surface area (Å²) in [5.41, 5.74) is 0. The lowest BCUT2D eigenvalue weighted by Crippen LogP contribution is -1.55. The summed E-state index contributed by atoms with van der Waals surface area (Å²) < 4.78 is 0.854. The monoisotopic (exact) mass is 218 g/mol. The van der Waals surface area contributed by atoms with Crippen LogP contribution < -0.4 is 0 Å². The van der Waals surface area contributed by atoms with Gasteiger partial charge in [-0.05, 0) is 28.5 Å². The zero-order chi connectivity index (χ0) is 5.82. The van der Waals surface area contributed by atoms with Gasteiger partial charge in [-0.1, -0.05) is 0 Å². The van der Waals surface area contributed by atoms with Gasteiger partial charge in [-0.3, -0.25) is 4.99 Å². The molecule has 0 atom stereocenters. The quantitative estimate of drug-likeness (QED) is 0.435. The van der Waals surface area contributed by atoms with E-state index in [0.717, 1.165) is 3.70 Å². The summed E-state index contributed by atoms with van der Waals surface area (Å²) in [6.45, 7) is 0. The summed E-state index contributed by atoms with van der Waals surface area (Å²) in [5, 5.41) is 0. The highest BCUT2D eigenvalue weighted by Gasteiger charge is 1.80. The summed E-state index contributed by atoms with van der Waals surface area (Å²) in [7, 11) is 0. The summed E-state index contributed by atoms with van der Waals surface area (Å²) in [5.74, 6) is 2.67. The molecule has 1 aliphatic rings. The Morgan fingerprint density at radius 2 is 2.50 bits per heavy atom. The molecule has 1 rings (SSSR count). The minimum absolute atomic E-state index is 0.854. The lowest BCUT2D eigenvalue weighted by molar-refractivity contribution is 1.50. The van der Waals surface area contributed by atoms with Crippen LogP contribution >= 0.6 is 22.6 Å². The van der Waals surface area contributed by atoms with Crippen LogP contribution in [-0.4, -0.2) is 12.1 Å². The first-order chi connectivity index (χ1) is 3.89. The van der Waals surface area contributed by atoms with Crippen molar-refractivity contribution in [3.8, 4) is 0 Å². The average molecular weight is 218 g/mol. The van der Waals surface area contributed by atoms with E-state index in [-0.39, 0.29) is 0 Å². The Balaban J connectivity index is 2.94. The number of hydrogen-bond donors (Lipinski definition) is 0. The molecule has 8 heavy (non-hydrogen) atoms. The second kappa shape index (κ2) is 2.79. The third-order valence-electron chi connectivity index (χ3n) is 0.588. The van der Waals surface area contributed by atoms with Crippen LogP contribution in [0.25, 0.3) is 0 Å². The summed E-state index contributed by atoms with van der Waals surface area (Å²) in [6.07, 6.45) is 4.99. The first-order valence-electron chi connectivity index (χ1n) is 2.06. The molecule has 0 amide bonds. The Bertz CT molecular complexity index is 196. The SMILES string of the molecule is IC1=CN=CC=C=N1. The Labute approximate surface area is 60.9 Å². The third-order valence-corrected chi connectivity index (χ3v) is 1.11. The van der Waals surface area contributed by atoms with Crippen molar-refractivity contribution in [2.75, 3.05) is 0 Å². The molecule has 3 heteroatoms. The number of hydrogen-bond acceptors (Lipinski definition) is 2. The number of allylic oxidation sites excluding steroid dienone is 1. The molecule has 40 valence electrons. The van der Waals surface area contributed by atoms with Crippen molar-refractivity contribution in [3.63, 3.8) is 0 Å². The molecule has 0 saturated heterocycles. The minimum Gasteiger partial charge on any atom is -0.261 e. The van der Waals surface area contributed by atoms with E-state index in [1.807, 2.05) is 0 Å². The van der Waals surface area contributed by atoms with Gasteiger partial charge in [0.25, 0.3) is 0 Å². The maximum atomic E-state index is 3.85. The predicted octanol–water partition coefficient (Wildman–Crippen LogP) is 1.53. The maximum absolute atomic E-state index is 3.85. The van der Waals surface area contributed by atoms with Crippen LogP contribution in [0.4, 0.5) is 0 Å². The van der Waals surface area contributed by atoms with Crippen molar-refractivity contribution in [1.82, 2.24) is 0 Å². The first-order valence-corrected chi connectivity index (χ1v) is 3.14. The molecule has 0 radical (unpaired) electrons. The molecule has 0 spiro atoms. The van der Waals surface area contributed by atoms with Crippen molar-refractivity contribution >= 4 is 34.7 Å². The molecular formula is C5H3IN2. The Hall–Kier alpha value is -0.410. The highest BCUT2D eigenvalue weighted by molar-refractivity contribution is 14.1. The van der Waals surface area contributed by atoms with Crippen molar-refractivity contribution < 1.29 is 0 Å². The molecule has 0 aromatic carbocycles. The average Bonchev–Trinajstić information content (AvgIpc) is 1.94. The highest BCUT2D eigenvalue weighted by atomic mass is 127. The normalized spacial score (nSPS) is 15.9. The third kappa shape index (κ3) is 1.60. The Morgan fingerprint density at radius 3 is 3.38 bits per heavy atom. The fourth-order valence-electron chi connectivity index (χ4n) is 0.309. The van der Waals surface area contributed by atoms with Gasteiger partial charge in [0, 0.05) is 12.3 Å². The van der Waals surface area contributed by atoms with Gasteiger partial charge < -0.3 is 0 Å². The van der Waals surface area contributed by atoms with Gasteiger partial charge in [0.2, 0.25) is 0 Å². The van der Waals surface area contributed by atoms with E-state index in [2.05, 4.69) is 38.4 Å². The van der Waals surface area contributed by atoms with E-state index in [9.17, 15) is 0 Å². The topological polar surface area (TPSA) is 24.7 Å². The zero-order valence-electron chi connectivity index (χ0n) is 4.00. The van der Waals surface area contributed by atoms with Gasteiger partial charge in [0.05, 0.1) is 6.20 Å². The molecule has 0 unspecified atom stereocenters. The second-order valence-corrected chi connectivity index (χ2v) is 2.26. The van der Waals surface area contributed by atoms with Crippen LogP contribution in [0.1, 0.15) is 0 Å². The molecule has 0 bridgehead atoms. The molecule has 0 saturated carbocycles. The van der Waals surface area contributed by atoms with Gasteiger partial charge >= 0.3 is 0 Å². The lowest BCUT2D eigenvalue weighted by atomic mass is 10.7. The van der Waals surface area contributed by atoms with Gasteiger partial charge in [-0.25, -0.2) is 0 Å². The number of nitrogens with zero attached hydrogens (tertiary/aromatic N) is 2. The summed E-state index contributed by atoms with van der Waals surface area (Å²) in [4.78, 5) is 7.69. The molecule has 0 N–H and O–H groups in total. The van der Waals surface area contributed by atoms with E-state index in [1.54, 1.807) is 18.5 Å². The van der Waals surface area contributed by atoms with Gasteiger partial charge in [-0.2, -0.15) is 4.99 Å². The van der Waals surface area contributed by atoms with E-state index in [4.69, 9.17) is 0 Å². The minimum atomic E-state index is 0.854. The second-order valence-electron chi connectivity index (χ2n) is 1.16. The van der Waals surface area contributed by atoms with Crippen molar-refractivity contribution in [3.05, 3.63) is 16.0 Å². The number of halogens is 1. The molecule has 0 aromatic heterocycles. The molecule has 2 nitrogen and oxygen atoms in total. The van der Waals surface area contributed by atoms with Crippen molar-refractivity contribution in [1.29, 1.82) is 0 Å². The Morgan fingerprint density at radius 1 is 1.62 bits per heavy atom. The fraction of sp³-hybridized carbons (Fsp3) is 0. The number of aliphatic imine (C=N–C) groups is 2. The summed E-state index contributed by atoms with van der Waals surface area (Å²) >= 11 is 2.08. The molecule has 0 aromatic rings. The largest absolute Gasteiger partial charge is 0.261 e. The van der Waals surface area contributed by atoms with Crippen LogP contribution in [-0.2, 0) is 0 Å². The van der Waals surface area contributed by atoms with Crippen LogP contribution in [0.5, 0.6) is 0 Å². The highest BCUT2D eigenvalue weighted by Crippen LogP contribution is 2.05. The van der Waals surface area contributed by atoms with Crippen LogP contribution in [0, 0.1) is 0 Å². The lowest BCUT2D eigenvalue weighted by Gasteiger charge is -1.75. The molecular weight excluding hydrogens is 215 g/mol. The van der Waals surface area contributed by atoms with E-state index >= 15 is 0 Å². The molecule has 0 fully saturated rings. The smallest absolute Gasteiger partial charge is 0.129 e. The van der Waals surface area contributed by atoms with Crippen LogP contribution in [0.15, 0.2) is 26.0 Å². The van der Waals surface area contributed by atoms with Gasteiger partial charge in [0.1, 0.15) is 3.70 Å². The van der Waals surface area contributed by atoms with Gasteiger partial charge in [0.15, 0.2) is 0 Å². The zero-order valence-corrected chi connectivity index (χ0v) is 6.16. The predicted molar refractivity (Wildman–Crippen MR) is 42.6 cm³/mol. The van der Waals surface area contributed by atoms with Gasteiger partial charge in [-0.15, -0.1) is 0 Å². The Kier molecular flexibility index (Phi) is 2.00. The standard InChI is InChI=1S/C5H3IN2/c6-5-4-7-2-1-3-8-5/h1-2,4H. The molecule has 1 heterocycles. The van der Waals surface area contributed by atoms with E-state index in [1.165, 1.54) is 0 Å². The molecule has 1 aliphatic heterocycles. The fourth-order valence-corrected chi connectivity index (χ4v) is 0.609. The van der Waals surface area contributed by atoms with Crippen molar-refractivity contribution in [2.24, 2.45) is 9.98 Å². The first kappa shape index (κ1) is 5.72. The van der Waals surface area contributed by atoms with E-state index in [0.29, 0.717) is 0 Å². The van der Waals surface area contributed by atoms with E-state index < -0.39 is 0 Å². The van der Waals surface area contributed by atoms with Crippen LogP contribution in [0.3, 0.4) is 0 Å². The molecule has 0 aliphatic carbocycles. The number of rotatable bonds is 0.